The molecular formula is C20H26N2O4. The fraction of sp³-hybridized carbons (Fsp3) is 0.300. The second kappa shape index (κ2) is 11.8. The first kappa shape index (κ1) is 21.3. The molecule has 2 aromatic carbocycles. The lowest BCUT2D eigenvalue weighted by molar-refractivity contribution is -0.159. The van der Waals surface area contributed by atoms with Crippen LogP contribution in [0.5, 0.6) is 0 Å². The van der Waals surface area contributed by atoms with E-state index >= 15 is 0 Å². The van der Waals surface area contributed by atoms with E-state index < -0.39 is 11.9 Å². The molecular weight excluding hydrogens is 332 g/mol. The fourth-order valence-corrected chi connectivity index (χ4v) is 2.24. The standard InChI is InChI=1S/C18H24N2.C2H2O4/c1-19(2)13-14-20(15-17-9-5-3-6-10-17)16-18-11-7-4-8-12-18;3-1(4)2(5)6/h3-12H,13-16H2,1-2H3;(H,3,4)(H,5,6). The minimum Gasteiger partial charge on any atom is -0.473 e. The summed E-state index contributed by atoms with van der Waals surface area (Å²) in [4.78, 5) is 22.9. The molecule has 0 bridgehead atoms. The Morgan fingerprint density at radius 1 is 0.731 bits per heavy atom. The summed E-state index contributed by atoms with van der Waals surface area (Å²) < 4.78 is 0. The van der Waals surface area contributed by atoms with E-state index in [1.165, 1.54) is 11.1 Å². The van der Waals surface area contributed by atoms with Gasteiger partial charge in [0, 0.05) is 26.2 Å². The lowest BCUT2D eigenvalue weighted by atomic mass is 10.1. The second-order valence-corrected chi connectivity index (χ2v) is 6.10. The van der Waals surface area contributed by atoms with E-state index in [2.05, 4.69) is 84.6 Å². The predicted octanol–water partition coefficient (Wildman–Crippen LogP) is 2.41. The maximum Gasteiger partial charge on any atom is 0.414 e. The van der Waals surface area contributed by atoms with E-state index in [4.69, 9.17) is 19.8 Å². The van der Waals surface area contributed by atoms with Crippen molar-refractivity contribution < 1.29 is 19.8 Å². The summed E-state index contributed by atoms with van der Waals surface area (Å²) in [6.45, 7) is 4.17. The van der Waals surface area contributed by atoms with E-state index in [1.54, 1.807) is 0 Å². The lowest BCUT2D eigenvalue weighted by Gasteiger charge is -2.24. The average Bonchev–Trinajstić information content (AvgIpc) is 2.62. The first-order valence-corrected chi connectivity index (χ1v) is 8.29. The van der Waals surface area contributed by atoms with Crippen LogP contribution in [-0.2, 0) is 22.7 Å². The van der Waals surface area contributed by atoms with Crippen molar-refractivity contribution in [3.05, 3.63) is 71.8 Å². The smallest absolute Gasteiger partial charge is 0.414 e. The molecule has 6 nitrogen and oxygen atoms in total. The Kier molecular flexibility index (Phi) is 9.67. The van der Waals surface area contributed by atoms with Crippen molar-refractivity contribution in [3.8, 4) is 0 Å². The molecule has 0 saturated carbocycles. The van der Waals surface area contributed by atoms with Crippen LogP contribution in [0.2, 0.25) is 0 Å². The number of hydrogen-bond donors (Lipinski definition) is 2. The molecule has 140 valence electrons. The third-order valence-corrected chi connectivity index (χ3v) is 3.54. The third-order valence-electron chi connectivity index (χ3n) is 3.54. The monoisotopic (exact) mass is 358 g/mol. The first-order valence-electron chi connectivity index (χ1n) is 8.29. The molecule has 0 aliphatic heterocycles. The molecule has 0 radical (unpaired) electrons. The molecule has 0 aromatic heterocycles. The highest BCUT2D eigenvalue weighted by Gasteiger charge is 2.07. The molecule has 0 spiro atoms. The molecule has 2 rings (SSSR count). The van der Waals surface area contributed by atoms with Gasteiger partial charge in [-0.1, -0.05) is 60.7 Å². The molecule has 0 aliphatic rings. The zero-order chi connectivity index (χ0) is 19.4. The van der Waals surface area contributed by atoms with Gasteiger partial charge in [-0.05, 0) is 25.2 Å². The number of likely N-dealkylation sites (N-methyl/N-ethyl adjacent to an activating group) is 1. The molecule has 2 N–H and O–H groups in total. The Morgan fingerprint density at radius 2 is 1.12 bits per heavy atom. The van der Waals surface area contributed by atoms with Gasteiger partial charge in [0.25, 0.3) is 0 Å². The van der Waals surface area contributed by atoms with Gasteiger partial charge in [-0.25, -0.2) is 9.59 Å². The van der Waals surface area contributed by atoms with Crippen LogP contribution in [-0.4, -0.2) is 59.1 Å². The van der Waals surface area contributed by atoms with Gasteiger partial charge in [-0.15, -0.1) is 0 Å². The van der Waals surface area contributed by atoms with Gasteiger partial charge in [0.05, 0.1) is 0 Å². The molecule has 0 fully saturated rings. The molecule has 0 amide bonds. The van der Waals surface area contributed by atoms with Gasteiger partial charge in [0.2, 0.25) is 0 Å². The van der Waals surface area contributed by atoms with Crippen molar-refractivity contribution >= 4 is 11.9 Å². The number of carboxylic acid groups (broad SMARTS) is 2. The Bertz CT molecular complexity index is 607. The highest BCUT2D eigenvalue weighted by Crippen LogP contribution is 2.09. The van der Waals surface area contributed by atoms with Gasteiger partial charge in [-0.3, -0.25) is 4.90 Å². The van der Waals surface area contributed by atoms with Gasteiger partial charge in [0.1, 0.15) is 0 Å². The number of hydrogen-bond acceptors (Lipinski definition) is 4. The third kappa shape index (κ3) is 9.56. The van der Waals surface area contributed by atoms with E-state index in [1.807, 2.05) is 0 Å². The highest BCUT2D eigenvalue weighted by molar-refractivity contribution is 6.27. The summed E-state index contributed by atoms with van der Waals surface area (Å²) >= 11 is 0. The minimum atomic E-state index is -1.82. The van der Waals surface area contributed by atoms with Crippen molar-refractivity contribution in [2.75, 3.05) is 27.2 Å². The number of nitrogens with zero attached hydrogens (tertiary/aromatic N) is 2. The Hall–Kier alpha value is -2.70. The highest BCUT2D eigenvalue weighted by atomic mass is 16.4. The molecule has 6 heteroatoms. The fourth-order valence-electron chi connectivity index (χ4n) is 2.24. The summed E-state index contributed by atoms with van der Waals surface area (Å²) in [5, 5.41) is 14.8. The second-order valence-electron chi connectivity index (χ2n) is 6.10. The Balaban J connectivity index is 0.000000487. The van der Waals surface area contributed by atoms with Crippen molar-refractivity contribution in [2.45, 2.75) is 13.1 Å². The van der Waals surface area contributed by atoms with Crippen LogP contribution in [0, 0.1) is 0 Å². The average molecular weight is 358 g/mol. The van der Waals surface area contributed by atoms with E-state index in [-0.39, 0.29) is 0 Å². The quantitative estimate of drug-likeness (QED) is 0.740. The number of aliphatic carboxylic acids is 2. The number of carbonyl (C=O) groups is 2. The zero-order valence-electron chi connectivity index (χ0n) is 15.2. The van der Waals surface area contributed by atoms with Gasteiger partial charge in [0.15, 0.2) is 0 Å². The van der Waals surface area contributed by atoms with Crippen LogP contribution >= 0.6 is 0 Å². The molecule has 0 unspecified atom stereocenters. The normalized spacial score (nSPS) is 10.3. The summed E-state index contributed by atoms with van der Waals surface area (Å²) in [5.41, 5.74) is 2.75. The molecule has 0 saturated heterocycles. The van der Waals surface area contributed by atoms with E-state index in [0.717, 1.165) is 26.2 Å². The minimum absolute atomic E-state index is 1.00. The molecule has 0 atom stereocenters. The molecule has 26 heavy (non-hydrogen) atoms. The van der Waals surface area contributed by atoms with Gasteiger partial charge >= 0.3 is 11.9 Å². The lowest BCUT2D eigenvalue weighted by Crippen LogP contribution is -2.31. The zero-order valence-corrected chi connectivity index (χ0v) is 15.2. The van der Waals surface area contributed by atoms with Crippen LogP contribution in [0.1, 0.15) is 11.1 Å². The van der Waals surface area contributed by atoms with Crippen LogP contribution < -0.4 is 0 Å². The SMILES string of the molecule is CN(C)CCN(Cc1ccccc1)Cc1ccccc1.O=C(O)C(=O)O. The van der Waals surface area contributed by atoms with Crippen molar-refractivity contribution in [1.82, 2.24) is 9.80 Å². The largest absolute Gasteiger partial charge is 0.473 e. The van der Waals surface area contributed by atoms with Crippen molar-refractivity contribution in [3.63, 3.8) is 0 Å². The summed E-state index contributed by atoms with van der Waals surface area (Å²) in [7, 11) is 4.26. The van der Waals surface area contributed by atoms with Crippen molar-refractivity contribution in [1.29, 1.82) is 0 Å². The maximum absolute atomic E-state index is 9.10. The Morgan fingerprint density at radius 3 is 1.42 bits per heavy atom. The predicted molar refractivity (Wildman–Crippen MR) is 101 cm³/mol. The van der Waals surface area contributed by atoms with E-state index in [0.29, 0.717) is 0 Å². The molecule has 2 aromatic rings. The molecule has 0 aliphatic carbocycles. The van der Waals surface area contributed by atoms with Gasteiger partial charge in [-0.2, -0.15) is 0 Å². The molecule has 0 heterocycles. The summed E-state index contributed by atoms with van der Waals surface area (Å²) in [6.07, 6.45) is 0. The van der Waals surface area contributed by atoms with E-state index in [9.17, 15) is 0 Å². The Labute approximate surface area is 154 Å². The van der Waals surface area contributed by atoms with Crippen LogP contribution in [0.25, 0.3) is 0 Å². The van der Waals surface area contributed by atoms with Crippen LogP contribution in [0.15, 0.2) is 60.7 Å². The van der Waals surface area contributed by atoms with Gasteiger partial charge < -0.3 is 15.1 Å². The number of rotatable bonds is 7. The van der Waals surface area contributed by atoms with Crippen molar-refractivity contribution in [2.24, 2.45) is 0 Å². The van der Waals surface area contributed by atoms with Crippen LogP contribution in [0.3, 0.4) is 0 Å². The first-order chi connectivity index (χ1) is 12.4. The topological polar surface area (TPSA) is 81.1 Å². The maximum atomic E-state index is 9.10. The number of carboxylic acids is 2. The number of benzene rings is 2. The summed E-state index contributed by atoms with van der Waals surface area (Å²) in [5.74, 6) is -3.65. The van der Waals surface area contributed by atoms with Crippen LogP contribution in [0.4, 0.5) is 0 Å². The summed E-state index contributed by atoms with van der Waals surface area (Å²) in [6, 6.07) is 21.4.